The molecule has 0 radical (unpaired) electrons. The number of nitrogens with zero attached hydrogens (tertiary/aromatic N) is 3. The van der Waals surface area contributed by atoms with E-state index in [4.69, 9.17) is 4.74 Å². The molecule has 1 atom stereocenters. The van der Waals surface area contributed by atoms with E-state index in [0.717, 1.165) is 49.0 Å². The smallest absolute Gasteiger partial charge is 0.221 e. The van der Waals surface area contributed by atoms with Gasteiger partial charge in [0.15, 0.2) is 0 Å². The first-order valence-corrected chi connectivity index (χ1v) is 6.99. The van der Waals surface area contributed by atoms with Crippen molar-refractivity contribution in [3.63, 3.8) is 0 Å². The Kier molecular flexibility index (Phi) is 4.71. The van der Waals surface area contributed by atoms with E-state index in [-0.39, 0.29) is 6.04 Å². The molecule has 1 fully saturated rings. The number of aryl methyl sites for hydroxylation is 2. The van der Waals surface area contributed by atoms with Gasteiger partial charge in [0.1, 0.15) is 5.82 Å². The third kappa shape index (κ3) is 3.22. The minimum Gasteiger partial charge on any atom is -0.481 e. The van der Waals surface area contributed by atoms with Crippen LogP contribution < -0.4 is 10.1 Å². The van der Waals surface area contributed by atoms with Gasteiger partial charge in [0.05, 0.1) is 18.7 Å². The second-order valence-corrected chi connectivity index (χ2v) is 5.12. The third-order valence-electron chi connectivity index (χ3n) is 3.61. The summed E-state index contributed by atoms with van der Waals surface area (Å²) >= 11 is 0. The number of nitrogens with one attached hydrogen (secondary N) is 1. The summed E-state index contributed by atoms with van der Waals surface area (Å²) in [5, 5.41) is 3.58. The lowest BCUT2D eigenvalue weighted by Crippen LogP contribution is -2.30. The van der Waals surface area contributed by atoms with E-state index in [1.165, 1.54) is 6.42 Å². The largest absolute Gasteiger partial charge is 0.481 e. The summed E-state index contributed by atoms with van der Waals surface area (Å²) in [6, 6.07) is 0.244. The fourth-order valence-electron chi connectivity index (χ4n) is 2.61. The van der Waals surface area contributed by atoms with Gasteiger partial charge in [0.2, 0.25) is 5.88 Å². The van der Waals surface area contributed by atoms with Crippen LogP contribution in [0.5, 0.6) is 5.88 Å². The number of aromatic nitrogens is 2. The zero-order chi connectivity index (χ0) is 13.8. The highest BCUT2D eigenvalue weighted by atomic mass is 16.5. The molecule has 0 bridgehead atoms. The number of hydrogen-bond donors (Lipinski definition) is 1. The topological polar surface area (TPSA) is 50.3 Å². The van der Waals surface area contributed by atoms with Gasteiger partial charge in [-0.2, -0.15) is 4.98 Å². The van der Waals surface area contributed by atoms with Crippen molar-refractivity contribution in [3.8, 4) is 5.88 Å². The molecule has 1 aliphatic heterocycles. The maximum Gasteiger partial charge on any atom is 0.221 e. The Balaban J connectivity index is 2.36. The quantitative estimate of drug-likeness (QED) is 0.892. The van der Waals surface area contributed by atoms with E-state index in [1.54, 1.807) is 7.11 Å². The van der Waals surface area contributed by atoms with Crippen LogP contribution in [0.3, 0.4) is 0 Å². The van der Waals surface area contributed by atoms with Gasteiger partial charge in [-0.3, -0.25) is 0 Å². The van der Waals surface area contributed by atoms with Crippen molar-refractivity contribution in [3.05, 3.63) is 17.1 Å². The highest BCUT2D eigenvalue weighted by Gasteiger charge is 2.24. The first-order chi connectivity index (χ1) is 9.15. The van der Waals surface area contributed by atoms with Gasteiger partial charge in [-0.15, -0.1) is 0 Å². The van der Waals surface area contributed by atoms with Crippen LogP contribution >= 0.6 is 0 Å². The van der Waals surface area contributed by atoms with Gasteiger partial charge in [-0.25, -0.2) is 4.98 Å². The van der Waals surface area contributed by atoms with E-state index in [9.17, 15) is 0 Å². The molecule has 1 unspecified atom stereocenters. The molecule has 1 aromatic rings. The predicted molar refractivity (Wildman–Crippen MR) is 75.6 cm³/mol. The molecular formula is C14H24N4O. The predicted octanol–water partition coefficient (Wildman–Crippen LogP) is 1.32. The lowest BCUT2D eigenvalue weighted by Gasteiger charge is -2.23. The molecule has 19 heavy (non-hydrogen) atoms. The molecule has 106 valence electrons. The van der Waals surface area contributed by atoms with Crippen LogP contribution in [-0.4, -0.2) is 48.7 Å². The van der Waals surface area contributed by atoms with Gasteiger partial charge < -0.3 is 15.0 Å². The second kappa shape index (κ2) is 6.30. The van der Waals surface area contributed by atoms with Crippen LogP contribution in [0.4, 0.5) is 0 Å². The highest BCUT2D eigenvalue weighted by molar-refractivity contribution is 5.34. The fourth-order valence-corrected chi connectivity index (χ4v) is 2.61. The maximum atomic E-state index is 5.49. The van der Waals surface area contributed by atoms with Gasteiger partial charge in [-0.1, -0.05) is 6.92 Å². The summed E-state index contributed by atoms with van der Waals surface area (Å²) in [6.45, 7) is 7.22. The van der Waals surface area contributed by atoms with Crippen LogP contribution in [0.15, 0.2) is 0 Å². The molecule has 1 aliphatic rings. The van der Waals surface area contributed by atoms with Crippen LogP contribution in [0.1, 0.15) is 36.5 Å². The van der Waals surface area contributed by atoms with Crippen LogP contribution in [0, 0.1) is 6.92 Å². The van der Waals surface area contributed by atoms with E-state index in [2.05, 4.69) is 34.2 Å². The molecule has 0 aliphatic carbocycles. The van der Waals surface area contributed by atoms with Gasteiger partial charge in [0, 0.05) is 18.7 Å². The first kappa shape index (κ1) is 14.2. The lowest BCUT2D eigenvalue weighted by atomic mass is 10.1. The Bertz CT molecular complexity index is 436. The van der Waals surface area contributed by atoms with E-state index >= 15 is 0 Å². The second-order valence-electron chi connectivity index (χ2n) is 5.12. The van der Waals surface area contributed by atoms with Gasteiger partial charge in [0.25, 0.3) is 0 Å². The number of rotatable bonds is 3. The lowest BCUT2D eigenvalue weighted by molar-refractivity contribution is 0.316. The molecule has 5 nitrogen and oxygen atoms in total. The molecule has 1 N–H and O–H groups in total. The average molecular weight is 264 g/mol. The van der Waals surface area contributed by atoms with Crippen molar-refractivity contribution in [1.82, 2.24) is 20.2 Å². The molecule has 0 saturated carbocycles. The minimum absolute atomic E-state index is 0.244. The molecule has 0 aromatic carbocycles. The van der Waals surface area contributed by atoms with Crippen LogP contribution in [0.2, 0.25) is 0 Å². The summed E-state index contributed by atoms with van der Waals surface area (Å²) in [4.78, 5) is 11.4. The summed E-state index contributed by atoms with van der Waals surface area (Å²) in [5.41, 5.74) is 2.13. The Morgan fingerprint density at radius 1 is 1.42 bits per heavy atom. The zero-order valence-corrected chi connectivity index (χ0v) is 12.4. The molecule has 2 rings (SSSR count). The monoisotopic (exact) mass is 264 g/mol. The summed E-state index contributed by atoms with van der Waals surface area (Å²) < 4.78 is 5.49. The third-order valence-corrected chi connectivity index (χ3v) is 3.61. The van der Waals surface area contributed by atoms with Crippen molar-refractivity contribution in [1.29, 1.82) is 0 Å². The Morgan fingerprint density at radius 2 is 2.21 bits per heavy atom. The zero-order valence-electron chi connectivity index (χ0n) is 12.4. The van der Waals surface area contributed by atoms with Crippen molar-refractivity contribution in [2.24, 2.45) is 0 Å². The summed E-state index contributed by atoms with van der Waals surface area (Å²) in [6.07, 6.45) is 2.00. The van der Waals surface area contributed by atoms with E-state index < -0.39 is 0 Å². The normalized spacial score (nSPS) is 21.2. The molecule has 1 aromatic heterocycles. The van der Waals surface area contributed by atoms with Gasteiger partial charge >= 0.3 is 0 Å². The van der Waals surface area contributed by atoms with Crippen molar-refractivity contribution < 1.29 is 4.74 Å². The molecule has 0 spiro atoms. The highest BCUT2D eigenvalue weighted by Crippen LogP contribution is 2.27. The SMILES string of the molecule is CCc1nc(C)c(C2CN(C)CCCN2)c(OC)n1. The van der Waals surface area contributed by atoms with Crippen molar-refractivity contribution in [2.75, 3.05) is 33.8 Å². The Hall–Kier alpha value is -1.20. The average Bonchev–Trinajstić information content (AvgIpc) is 2.62. The molecule has 5 heteroatoms. The van der Waals surface area contributed by atoms with Crippen LogP contribution in [-0.2, 0) is 6.42 Å². The Labute approximate surface area is 115 Å². The van der Waals surface area contributed by atoms with Gasteiger partial charge in [-0.05, 0) is 33.5 Å². The number of methoxy groups -OCH3 is 1. The number of hydrogen-bond acceptors (Lipinski definition) is 5. The number of ether oxygens (including phenoxy) is 1. The van der Waals surface area contributed by atoms with Crippen LogP contribution in [0.25, 0.3) is 0 Å². The molecule has 2 heterocycles. The standard InChI is InChI=1S/C14H24N4O/c1-5-12-16-10(2)13(14(17-12)19-4)11-9-18(3)8-6-7-15-11/h11,15H,5-9H2,1-4H3. The molecule has 1 saturated heterocycles. The minimum atomic E-state index is 0.244. The summed E-state index contributed by atoms with van der Waals surface area (Å²) in [7, 11) is 3.84. The van der Waals surface area contributed by atoms with E-state index in [0.29, 0.717) is 0 Å². The number of likely N-dealkylation sites (N-methyl/N-ethyl adjacent to an activating group) is 1. The fraction of sp³-hybridized carbons (Fsp3) is 0.714. The summed E-state index contributed by atoms with van der Waals surface area (Å²) in [5.74, 6) is 1.57. The van der Waals surface area contributed by atoms with E-state index in [1.807, 2.05) is 6.92 Å². The Morgan fingerprint density at radius 3 is 2.89 bits per heavy atom. The van der Waals surface area contributed by atoms with Crippen molar-refractivity contribution >= 4 is 0 Å². The maximum absolute atomic E-state index is 5.49. The molecule has 0 amide bonds. The first-order valence-electron chi connectivity index (χ1n) is 6.99. The molecular weight excluding hydrogens is 240 g/mol. The van der Waals surface area contributed by atoms with Crippen molar-refractivity contribution in [2.45, 2.75) is 32.7 Å².